The van der Waals surface area contributed by atoms with Crippen LogP contribution in [0.2, 0.25) is 0 Å². The molecule has 5 nitrogen and oxygen atoms in total. The van der Waals surface area contributed by atoms with E-state index >= 15 is 0 Å². The van der Waals surface area contributed by atoms with Crippen LogP contribution in [0.4, 0.5) is 5.95 Å². The Kier molecular flexibility index (Phi) is 3.27. The standard InChI is InChI=1S/C12H16N4O/c1-16-12(13)14-11(15-16)8-5-9-3-6-10(17-2)7-4-9/h3-4,6-7H,5,8H2,1-2H3,(H2,13,14,15). The van der Waals surface area contributed by atoms with Gasteiger partial charge in [0.25, 0.3) is 0 Å². The van der Waals surface area contributed by atoms with Gasteiger partial charge in [-0.05, 0) is 24.1 Å². The minimum Gasteiger partial charge on any atom is -0.497 e. The van der Waals surface area contributed by atoms with Crippen molar-refractivity contribution in [3.05, 3.63) is 35.7 Å². The van der Waals surface area contributed by atoms with Crippen molar-refractivity contribution < 1.29 is 4.74 Å². The summed E-state index contributed by atoms with van der Waals surface area (Å²) in [6.07, 6.45) is 1.69. The van der Waals surface area contributed by atoms with Crippen molar-refractivity contribution in [3.8, 4) is 5.75 Å². The Morgan fingerprint density at radius 2 is 1.94 bits per heavy atom. The largest absolute Gasteiger partial charge is 0.497 e. The topological polar surface area (TPSA) is 66.0 Å². The predicted molar refractivity (Wildman–Crippen MR) is 65.8 cm³/mol. The van der Waals surface area contributed by atoms with Gasteiger partial charge < -0.3 is 10.5 Å². The van der Waals surface area contributed by atoms with Crippen molar-refractivity contribution in [2.75, 3.05) is 12.8 Å². The number of anilines is 1. The molecule has 0 atom stereocenters. The quantitative estimate of drug-likeness (QED) is 0.860. The average molecular weight is 232 g/mol. The van der Waals surface area contributed by atoms with Crippen molar-refractivity contribution in [1.29, 1.82) is 0 Å². The first-order chi connectivity index (χ1) is 8.19. The Morgan fingerprint density at radius 3 is 2.47 bits per heavy atom. The van der Waals surface area contributed by atoms with Crippen molar-refractivity contribution in [2.24, 2.45) is 7.05 Å². The lowest BCUT2D eigenvalue weighted by Crippen LogP contribution is -1.98. The Morgan fingerprint density at radius 1 is 1.24 bits per heavy atom. The minimum atomic E-state index is 0.453. The van der Waals surface area contributed by atoms with Gasteiger partial charge in [0, 0.05) is 13.5 Å². The van der Waals surface area contributed by atoms with Crippen LogP contribution in [0.5, 0.6) is 5.75 Å². The van der Waals surface area contributed by atoms with Crippen molar-refractivity contribution in [2.45, 2.75) is 12.8 Å². The molecule has 0 bridgehead atoms. The lowest BCUT2D eigenvalue weighted by molar-refractivity contribution is 0.414. The number of aryl methyl sites for hydroxylation is 3. The van der Waals surface area contributed by atoms with Gasteiger partial charge in [0.1, 0.15) is 5.75 Å². The molecule has 0 spiro atoms. The van der Waals surface area contributed by atoms with Crippen molar-refractivity contribution in [1.82, 2.24) is 14.8 Å². The van der Waals surface area contributed by atoms with Crippen LogP contribution in [0.25, 0.3) is 0 Å². The van der Waals surface area contributed by atoms with Crippen LogP contribution >= 0.6 is 0 Å². The molecule has 2 aromatic rings. The molecule has 0 saturated carbocycles. The van der Waals surface area contributed by atoms with E-state index in [1.807, 2.05) is 24.3 Å². The van der Waals surface area contributed by atoms with Gasteiger partial charge in [-0.1, -0.05) is 12.1 Å². The van der Waals surface area contributed by atoms with Crippen LogP contribution in [-0.2, 0) is 19.9 Å². The van der Waals surface area contributed by atoms with E-state index < -0.39 is 0 Å². The molecule has 0 aliphatic heterocycles. The Labute approximate surface area is 100 Å². The van der Waals surface area contributed by atoms with Crippen LogP contribution in [0.3, 0.4) is 0 Å². The number of nitrogens with zero attached hydrogens (tertiary/aromatic N) is 3. The summed E-state index contributed by atoms with van der Waals surface area (Å²) in [6, 6.07) is 8.00. The third-order valence-electron chi connectivity index (χ3n) is 2.64. The number of rotatable bonds is 4. The Bertz CT molecular complexity index is 470. The molecule has 0 unspecified atom stereocenters. The Hall–Kier alpha value is -2.04. The SMILES string of the molecule is COc1ccc(CCc2nc(N)n(C)n2)cc1. The average Bonchev–Trinajstić information content (AvgIpc) is 2.67. The molecule has 0 radical (unpaired) electrons. The molecule has 0 aliphatic rings. The zero-order chi connectivity index (χ0) is 12.3. The number of nitrogens with two attached hydrogens (primary N) is 1. The molecule has 17 heavy (non-hydrogen) atoms. The number of hydrogen-bond donors (Lipinski definition) is 1. The first-order valence-electron chi connectivity index (χ1n) is 5.47. The summed E-state index contributed by atoms with van der Waals surface area (Å²) in [7, 11) is 3.45. The summed E-state index contributed by atoms with van der Waals surface area (Å²) in [5.74, 6) is 2.10. The van der Waals surface area contributed by atoms with E-state index in [1.165, 1.54) is 5.56 Å². The maximum atomic E-state index is 5.62. The minimum absolute atomic E-state index is 0.453. The number of benzene rings is 1. The zero-order valence-electron chi connectivity index (χ0n) is 10.1. The summed E-state index contributed by atoms with van der Waals surface area (Å²) in [5.41, 5.74) is 6.85. The monoisotopic (exact) mass is 232 g/mol. The number of aromatic nitrogens is 3. The normalized spacial score (nSPS) is 10.5. The first-order valence-corrected chi connectivity index (χ1v) is 5.47. The molecule has 0 amide bonds. The van der Waals surface area contributed by atoms with Gasteiger partial charge in [0.15, 0.2) is 5.82 Å². The highest BCUT2D eigenvalue weighted by atomic mass is 16.5. The van der Waals surface area contributed by atoms with E-state index in [0.717, 1.165) is 24.4 Å². The predicted octanol–water partition coefficient (Wildman–Crippen LogP) is 1.19. The molecule has 0 fully saturated rings. The van der Waals surface area contributed by atoms with Gasteiger partial charge in [-0.3, -0.25) is 0 Å². The van der Waals surface area contributed by atoms with Crippen LogP contribution in [0, 0.1) is 0 Å². The highest BCUT2D eigenvalue weighted by Gasteiger charge is 2.04. The van der Waals surface area contributed by atoms with E-state index in [9.17, 15) is 0 Å². The van der Waals surface area contributed by atoms with Crippen molar-refractivity contribution >= 4 is 5.95 Å². The lowest BCUT2D eigenvalue weighted by atomic mass is 10.1. The summed E-state index contributed by atoms with van der Waals surface area (Å²) < 4.78 is 6.69. The second-order valence-corrected chi connectivity index (χ2v) is 3.86. The summed E-state index contributed by atoms with van der Waals surface area (Å²) >= 11 is 0. The van der Waals surface area contributed by atoms with Gasteiger partial charge in [-0.25, -0.2) is 4.68 Å². The zero-order valence-corrected chi connectivity index (χ0v) is 10.1. The molecule has 1 heterocycles. The summed E-state index contributed by atoms with van der Waals surface area (Å²) in [5, 5.41) is 4.21. The Balaban J connectivity index is 1.97. The molecule has 2 N–H and O–H groups in total. The van der Waals surface area contributed by atoms with Crippen LogP contribution in [-0.4, -0.2) is 21.9 Å². The summed E-state index contributed by atoms with van der Waals surface area (Å²) in [4.78, 5) is 4.16. The highest BCUT2D eigenvalue weighted by Crippen LogP contribution is 2.12. The van der Waals surface area contributed by atoms with Gasteiger partial charge >= 0.3 is 0 Å². The molecule has 5 heteroatoms. The fourth-order valence-electron chi connectivity index (χ4n) is 1.61. The first kappa shape index (κ1) is 11.4. The molecule has 1 aromatic heterocycles. The van der Waals surface area contributed by atoms with Gasteiger partial charge in [0.2, 0.25) is 5.95 Å². The van der Waals surface area contributed by atoms with E-state index in [1.54, 1.807) is 18.8 Å². The van der Waals surface area contributed by atoms with Gasteiger partial charge in [-0.15, -0.1) is 0 Å². The second kappa shape index (κ2) is 4.86. The number of hydrogen-bond acceptors (Lipinski definition) is 4. The molecule has 2 rings (SSSR count). The molecule has 0 saturated heterocycles. The second-order valence-electron chi connectivity index (χ2n) is 3.86. The van der Waals surface area contributed by atoms with Gasteiger partial charge in [0.05, 0.1) is 7.11 Å². The fraction of sp³-hybridized carbons (Fsp3) is 0.333. The van der Waals surface area contributed by atoms with Crippen LogP contribution < -0.4 is 10.5 Å². The van der Waals surface area contributed by atoms with Crippen LogP contribution in [0.1, 0.15) is 11.4 Å². The molecule has 1 aromatic carbocycles. The van der Waals surface area contributed by atoms with E-state index in [0.29, 0.717) is 5.95 Å². The maximum absolute atomic E-state index is 5.62. The third kappa shape index (κ3) is 2.75. The molecule has 0 aliphatic carbocycles. The van der Waals surface area contributed by atoms with E-state index in [2.05, 4.69) is 10.1 Å². The summed E-state index contributed by atoms with van der Waals surface area (Å²) in [6.45, 7) is 0. The van der Waals surface area contributed by atoms with E-state index in [-0.39, 0.29) is 0 Å². The molecular formula is C12H16N4O. The fourth-order valence-corrected chi connectivity index (χ4v) is 1.61. The van der Waals surface area contributed by atoms with Crippen molar-refractivity contribution in [3.63, 3.8) is 0 Å². The molecular weight excluding hydrogens is 216 g/mol. The molecule has 90 valence electrons. The highest BCUT2D eigenvalue weighted by molar-refractivity contribution is 5.27. The van der Waals surface area contributed by atoms with Crippen LogP contribution in [0.15, 0.2) is 24.3 Å². The maximum Gasteiger partial charge on any atom is 0.218 e. The smallest absolute Gasteiger partial charge is 0.218 e. The number of nitrogen functional groups attached to an aromatic ring is 1. The third-order valence-corrected chi connectivity index (χ3v) is 2.64. The lowest BCUT2D eigenvalue weighted by Gasteiger charge is -2.01. The number of ether oxygens (including phenoxy) is 1. The van der Waals surface area contributed by atoms with Gasteiger partial charge in [-0.2, -0.15) is 10.1 Å². The van der Waals surface area contributed by atoms with E-state index in [4.69, 9.17) is 10.5 Å². The number of methoxy groups -OCH3 is 1.